The lowest BCUT2D eigenvalue weighted by Gasteiger charge is -2.30. The number of nitrogens with two attached hydrogens (primary N) is 1. The zero-order valence-electron chi connectivity index (χ0n) is 16.0. The van der Waals surface area contributed by atoms with Gasteiger partial charge in [0.25, 0.3) is 17.6 Å². The Bertz CT molecular complexity index is 1130. The summed E-state index contributed by atoms with van der Waals surface area (Å²) in [7, 11) is 0. The van der Waals surface area contributed by atoms with E-state index in [-0.39, 0.29) is 10.6 Å². The van der Waals surface area contributed by atoms with Gasteiger partial charge in [0.2, 0.25) is 6.10 Å². The molecule has 1 aromatic heterocycles. The number of thiophene rings is 1. The molecule has 0 bridgehead atoms. The summed E-state index contributed by atoms with van der Waals surface area (Å²) in [4.78, 5) is 38.0. The molecule has 7 nitrogen and oxygen atoms in total. The van der Waals surface area contributed by atoms with Gasteiger partial charge >= 0.3 is 0 Å². The van der Waals surface area contributed by atoms with Crippen LogP contribution in [-0.4, -0.2) is 29.8 Å². The van der Waals surface area contributed by atoms with E-state index in [1.165, 1.54) is 11.3 Å². The van der Waals surface area contributed by atoms with Gasteiger partial charge in [0, 0.05) is 4.88 Å². The fourth-order valence-corrected chi connectivity index (χ4v) is 4.18. The fraction of sp³-hybridized carbons (Fsp3) is 0.136. The van der Waals surface area contributed by atoms with Gasteiger partial charge in [-0.25, -0.2) is 0 Å². The minimum Gasteiger partial charge on any atom is -0.482 e. The summed E-state index contributed by atoms with van der Waals surface area (Å²) in [5, 5.41) is 2.73. The normalized spacial score (nSPS) is 17.2. The van der Waals surface area contributed by atoms with Crippen LogP contribution < -0.4 is 20.5 Å². The molecule has 0 saturated carbocycles. The van der Waals surface area contributed by atoms with Gasteiger partial charge in [-0.15, -0.1) is 11.3 Å². The number of ether oxygens (including phenoxy) is 2. The molecule has 2 aromatic carbocycles. The van der Waals surface area contributed by atoms with Gasteiger partial charge in [-0.05, 0) is 30.7 Å². The Kier molecular flexibility index (Phi) is 5.24. The third-order valence-corrected chi connectivity index (χ3v) is 5.71. The van der Waals surface area contributed by atoms with E-state index in [1.807, 2.05) is 30.3 Å². The monoisotopic (exact) mass is 422 g/mol. The summed E-state index contributed by atoms with van der Waals surface area (Å²) < 4.78 is 11.4. The number of primary amides is 1. The minimum absolute atomic E-state index is 0.138. The molecule has 0 spiro atoms. The van der Waals surface area contributed by atoms with Crippen LogP contribution in [0.3, 0.4) is 0 Å². The maximum atomic E-state index is 12.8. The van der Waals surface area contributed by atoms with Gasteiger partial charge in [0.1, 0.15) is 11.1 Å². The second-order valence-corrected chi connectivity index (χ2v) is 7.76. The Labute approximate surface area is 176 Å². The molecule has 152 valence electrons. The van der Waals surface area contributed by atoms with Crippen LogP contribution in [0.2, 0.25) is 0 Å². The van der Waals surface area contributed by atoms with Crippen LogP contribution >= 0.6 is 11.3 Å². The summed E-state index contributed by atoms with van der Waals surface area (Å²) in [5.41, 5.74) is 6.47. The summed E-state index contributed by atoms with van der Waals surface area (Å²) in [6.45, 7) is 1.65. The van der Waals surface area contributed by atoms with Crippen LogP contribution in [0.15, 0.2) is 60.7 Å². The number of carbonyl (C=O) groups excluding carboxylic acids is 3. The summed E-state index contributed by atoms with van der Waals surface area (Å²) in [6, 6.07) is 17.9. The molecule has 8 heteroatoms. The van der Waals surface area contributed by atoms with Gasteiger partial charge in [-0.2, -0.15) is 0 Å². The predicted octanol–water partition coefficient (Wildman–Crippen LogP) is 3.25. The SMILES string of the molecule is CC1Oc2ccccc2OC1C(=O)C(=O)Nc1sc(-c2ccccc2)cc1C(N)=O. The molecule has 30 heavy (non-hydrogen) atoms. The van der Waals surface area contributed by atoms with Crippen molar-refractivity contribution in [3.05, 3.63) is 66.2 Å². The summed E-state index contributed by atoms with van der Waals surface area (Å²) >= 11 is 1.17. The zero-order valence-corrected chi connectivity index (χ0v) is 16.8. The molecule has 2 atom stereocenters. The quantitative estimate of drug-likeness (QED) is 0.614. The maximum absolute atomic E-state index is 12.8. The lowest BCUT2D eigenvalue weighted by atomic mass is 10.1. The maximum Gasteiger partial charge on any atom is 0.296 e. The molecule has 2 heterocycles. The molecule has 4 rings (SSSR count). The average Bonchev–Trinajstić information content (AvgIpc) is 3.17. The largest absolute Gasteiger partial charge is 0.482 e. The zero-order chi connectivity index (χ0) is 21.3. The van der Waals surface area contributed by atoms with E-state index in [2.05, 4.69) is 5.32 Å². The number of amides is 2. The molecule has 2 unspecified atom stereocenters. The molecule has 0 fully saturated rings. The van der Waals surface area contributed by atoms with Gasteiger partial charge in [0.05, 0.1) is 5.56 Å². The van der Waals surface area contributed by atoms with E-state index in [4.69, 9.17) is 15.2 Å². The standard InChI is InChI=1S/C22H18N2O5S/c1-12-19(29-16-10-6-5-9-15(16)28-12)18(25)21(27)24-22-14(20(23)26)11-17(30-22)13-7-3-2-4-8-13/h2-12,19H,1H3,(H2,23,26)(H,24,27). The van der Waals surface area contributed by atoms with E-state index in [0.717, 1.165) is 10.4 Å². The highest BCUT2D eigenvalue weighted by molar-refractivity contribution is 7.20. The van der Waals surface area contributed by atoms with Crippen LogP contribution in [0.25, 0.3) is 10.4 Å². The molecule has 1 aliphatic rings. The Morgan fingerprint density at radius 3 is 2.27 bits per heavy atom. The average molecular weight is 422 g/mol. The fourth-order valence-electron chi connectivity index (χ4n) is 3.11. The van der Waals surface area contributed by atoms with E-state index >= 15 is 0 Å². The van der Waals surface area contributed by atoms with Crippen molar-refractivity contribution < 1.29 is 23.9 Å². The van der Waals surface area contributed by atoms with Gasteiger partial charge < -0.3 is 20.5 Å². The van der Waals surface area contributed by atoms with E-state index < -0.39 is 29.8 Å². The second kappa shape index (κ2) is 8.00. The van der Waals surface area contributed by atoms with Crippen LogP contribution in [0.5, 0.6) is 11.5 Å². The van der Waals surface area contributed by atoms with Crippen molar-refractivity contribution in [3.8, 4) is 21.9 Å². The number of rotatable bonds is 5. The Hall–Kier alpha value is -3.65. The molecule has 0 aliphatic carbocycles. The number of anilines is 1. The first-order valence-corrected chi connectivity index (χ1v) is 10.0. The van der Waals surface area contributed by atoms with Crippen molar-refractivity contribution in [1.82, 2.24) is 0 Å². The number of Topliss-reactive ketones (excluding diaryl/α,β-unsaturated/α-hetero) is 1. The topological polar surface area (TPSA) is 108 Å². The number of ketones is 1. The van der Waals surface area contributed by atoms with E-state index in [1.54, 1.807) is 37.3 Å². The van der Waals surface area contributed by atoms with Crippen molar-refractivity contribution in [1.29, 1.82) is 0 Å². The Balaban J connectivity index is 1.56. The minimum atomic E-state index is -1.11. The van der Waals surface area contributed by atoms with Crippen molar-refractivity contribution in [2.45, 2.75) is 19.1 Å². The van der Waals surface area contributed by atoms with Crippen molar-refractivity contribution in [3.63, 3.8) is 0 Å². The molecular weight excluding hydrogens is 404 g/mol. The third kappa shape index (κ3) is 3.77. The van der Waals surface area contributed by atoms with Crippen LogP contribution in [0, 0.1) is 0 Å². The highest BCUT2D eigenvalue weighted by Crippen LogP contribution is 2.36. The first-order chi connectivity index (χ1) is 14.4. The third-order valence-electron chi connectivity index (χ3n) is 4.61. The van der Waals surface area contributed by atoms with Crippen molar-refractivity contribution >= 4 is 33.9 Å². The molecule has 2 amide bonds. The number of hydrogen-bond donors (Lipinski definition) is 2. The Morgan fingerprint density at radius 2 is 1.60 bits per heavy atom. The molecule has 0 radical (unpaired) electrons. The van der Waals surface area contributed by atoms with E-state index in [0.29, 0.717) is 11.5 Å². The lowest BCUT2D eigenvalue weighted by molar-refractivity contribution is -0.142. The molecule has 1 aliphatic heterocycles. The highest BCUT2D eigenvalue weighted by atomic mass is 32.1. The summed E-state index contributed by atoms with van der Waals surface area (Å²) in [5.74, 6) is -1.50. The number of para-hydroxylation sites is 2. The van der Waals surface area contributed by atoms with Crippen molar-refractivity contribution in [2.75, 3.05) is 5.32 Å². The molecular formula is C22H18N2O5S. The van der Waals surface area contributed by atoms with Gasteiger partial charge in [-0.3, -0.25) is 14.4 Å². The lowest BCUT2D eigenvalue weighted by Crippen LogP contribution is -2.48. The van der Waals surface area contributed by atoms with Gasteiger partial charge in [0.15, 0.2) is 11.5 Å². The first kappa shape index (κ1) is 19.7. The van der Waals surface area contributed by atoms with Crippen molar-refractivity contribution in [2.24, 2.45) is 5.73 Å². The predicted molar refractivity (Wildman–Crippen MR) is 113 cm³/mol. The number of nitrogens with one attached hydrogen (secondary N) is 1. The number of carbonyl (C=O) groups is 3. The van der Waals surface area contributed by atoms with E-state index in [9.17, 15) is 14.4 Å². The van der Waals surface area contributed by atoms with Crippen LogP contribution in [-0.2, 0) is 9.59 Å². The van der Waals surface area contributed by atoms with Gasteiger partial charge in [-0.1, -0.05) is 42.5 Å². The highest BCUT2D eigenvalue weighted by Gasteiger charge is 2.38. The molecule has 3 aromatic rings. The Morgan fingerprint density at radius 1 is 0.967 bits per heavy atom. The number of fused-ring (bicyclic) bond motifs is 1. The summed E-state index contributed by atoms with van der Waals surface area (Å²) in [6.07, 6.45) is -1.76. The molecule has 3 N–H and O–H groups in total. The number of hydrogen-bond acceptors (Lipinski definition) is 6. The second-order valence-electron chi connectivity index (χ2n) is 6.71. The number of benzene rings is 2. The first-order valence-electron chi connectivity index (χ1n) is 9.20. The van der Waals surface area contributed by atoms with Crippen LogP contribution in [0.4, 0.5) is 5.00 Å². The smallest absolute Gasteiger partial charge is 0.296 e. The molecule has 0 saturated heterocycles. The van der Waals surface area contributed by atoms with Crippen LogP contribution in [0.1, 0.15) is 17.3 Å².